The Labute approximate surface area is 160 Å². The van der Waals surface area contributed by atoms with Crippen molar-refractivity contribution in [1.82, 2.24) is 4.90 Å². The monoisotopic (exact) mass is 370 g/mol. The normalized spacial score (nSPS) is 24.9. The average Bonchev–Trinajstić information content (AvgIpc) is 2.58. The van der Waals surface area contributed by atoms with Crippen molar-refractivity contribution in [2.24, 2.45) is 5.92 Å². The Morgan fingerprint density at radius 1 is 1.22 bits per heavy atom. The Bertz CT molecular complexity index is 776. The average molecular weight is 370 g/mol. The van der Waals surface area contributed by atoms with Crippen LogP contribution in [0.15, 0.2) is 18.2 Å². The number of Topliss-reactive ketones (excluding diaryl/α,β-unsaturated/α-hetero) is 1. The van der Waals surface area contributed by atoms with Gasteiger partial charge in [-0.3, -0.25) is 9.69 Å². The zero-order valence-corrected chi connectivity index (χ0v) is 16.3. The van der Waals surface area contributed by atoms with Gasteiger partial charge in [-0.25, -0.2) is 4.79 Å². The van der Waals surface area contributed by atoms with Crippen LogP contribution in [-0.2, 0) is 9.47 Å². The van der Waals surface area contributed by atoms with Gasteiger partial charge >= 0.3 is 6.09 Å². The molecule has 2 aliphatic rings. The first kappa shape index (κ1) is 19.4. The predicted molar refractivity (Wildman–Crippen MR) is 99.4 cm³/mol. The third-order valence-corrected chi connectivity index (χ3v) is 5.22. The van der Waals surface area contributed by atoms with Crippen molar-refractivity contribution in [3.63, 3.8) is 0 Å². The summed E-state index contributed by atoms with van der Waals surface area (Å²) in [6.07, 6.45) is 0.754. The number of carbonyl (C=O) groups is 2. The fourth-order valence-corrected chi connectivity index (χ4v) is 3.99. The highest BCUT2D eigenvalue weighted by Gasteiger charge is 2.45. The number of morpholine rings is 1. The number of benzene rings is 1. The molecule has 0 spiro atoms. The molecule has 1 aromatic carbocycles. The summed E-state index contributed by atoms with van der Waals surface area (Å²) in [5, 5.41) is 9.22. The number of nitriles is 1. The predicted octanol–water partition coefficient (Wildman–Crippen LogP) is 3.46. The first-order chi connectivity index (χ1) is 12.7. The van der Waals surface area contributed by atoms with Gasteiger partial charge in [-0.15, -0.1) is 0 Å². The second-order valence-electron chi connectivity index (χ2n) is 8.36. The highest BCUT2D eigenvalue weighted by Crippen LogP contribution is 2.35. The second-order valence-corrected chi connectivity index (χ2v) is 8.36. The van der Waals surface area contributed by atoms with E-state index in [9.17, 15) is 14.9 Å². The van der Waals surface area contributed by atoms with Crippen LogP contribution < -0.4 is 0 Å². The van der Waals surface area contributed by atoms with E-state index in [-0.39, 0.29) is 29.9 Å². The number of nitrogens with zero attached hydrogens (tertiary/aromatic N) is 2. The van der Waals surface area contributed by atoms with Gasteiger partial charge in [0.1, 0.15) is 5.60 Å². The molecule has 2 unspecified atom stereocenters. The Balaban J connectivity index is 1.80. The summed E-state index contributed by atoms with van der Waals surface area (Å²) in [4.78, 5) is 27.5. The Kier molecular flexibility index (Phi) is 5.25. The van der Waals surface area contributed by atoms with Gasteiger partial charge in [-0.05, 0) is 52.2 Å². The molecule has 2 aliphatic heterocycles. The molecule has 0 radical (unpaired) electrons. The quantitative estimate of drug-likeness (QED) is 0.745. The molecular weight excluding hydrogens is 344 g/mol. The molecule has 6 heteroatoms. The summed E-state index contributed by atoms with van der Waals surface area (Å²) in [5.41, 5.74) is 1.29. The van der Waals surface area contributed by atoms with Crippen molar-refractivity contribution in [2.75, 3.05) is 13.2 Å². The maximum atomic E-state index is 13.1. The molecule has 2 saturated heterocycles. The summed E-state index contributed by atoms with van der Waals surface area (Å²) >= 11 is 0. The molecule has 2 heterocycles. The van der Waals surface area contributed by atoms with Crippen molar-refractivity contribution in [2.45, 2.75) is 58.2 Å². The van der Waals surface area contributed by atoms with Crippen LogP contribution in [0.25, 0.3) is 0 Å². The first-order valence-electron chi connectivity index (χ1n) is 9.34. The maximum absolute atomic E-state index is 13.1. The Morgan fingerprint density at radius 2 is 1.85 bits per heavy atom. The van der Waals surface area contributed by atoms with Gasteiger partial charge in [0.25, 0.3) is 0 Å². The van der Waals surface area contributed by atoms with Crippen LogP contribution in [0.5, 0.6) is 0 Å². The minimum atomic E-state index is -0.562. The van der Waals surface area contributed by atoms with E-state index in [0.717, 1.165) is 5.56 Å². The lowest BCUT2D eigenvalue weighted by Crippen LogP contribution is -2.60. The van der Waals surface area contributed by atoms with E-state index in [1.807, 2.05) is 27.7 Å². The molecule has 0 aliphatic carbocycles. The van der Waals surface area contributed by atoms with Crippen LogP contribution in [0.3, 0.4) is 0 Å². The number of hydrogen-bond acceptors (Lipinski definition) is 5. The van der Waals surface area contributed by atoms with Crippen molar-refractivity contribution in [3.8, 4) is 6.07 Å². The van der Waals surface area contributed by atoms with E-state index in [1.54, 1.807) is 23.1 Å². The van der Waals surface area contributed by atoms with Gasteiger partial charge in [0, 0.05) is 11.5 Å². The number of rotatable bonds is 2. The molecule has 2 fully saturated rings. The molecule has 3 rings (SSSR count). The summed E-state index contributed by atoms with van der Waals surface area (Å²) in [6.45, 7) is 8.17. The van der Waals surface area contributed by atoms with E-state index in [1.165, 1.54) is 0 Å². The third-order valence-electron chi connectivity index (χ3n) is 5.22. The Hall–Kier alpha value is -2.39. The van der Waals surface area contributed by atoms with Gasteiger partial charge in [-0.1, -0.05) is 12.1 Å². The SMILES string of the molecule is Cc1c(C#N)cccc1C(=O)C1CC2COCC(C1)N2C(=O)OC(C)(C)C. The molecule has 0 N–H and O–H groups in total. The fourth-order valence-electron chi connectivity index (χ4n) is 3.99. The molecule has 144 valence electrons. The minimum absolute atomic E-state index is 0.0466. The van der Waals surface area contributed by atoms with Crippen LogP contribution >= 0.6 is 0 Å². The van der Waals surface area contributed by atoms with Crippen LogP contribution in [0, 0.1) is 24.2 Å². The lowest BCUT2D eigenvalue weighted by molar-refractivity contribution is -0.0861. The van der Waals surface area contributed by atoms with Crippen LogP contribution in [0.1, 0.15) is 55.1 Å². The fraction of sp³-hybridized carbons (Fsp3) is 0.571. The summed E-state index contributed by atoms with van der Waals surface area (Å²) in [7, 11) is 0. The lowest BCUT2D eigenvalue weighted by Gasteiger charge is -2.47. The molecular formula is C21H26N2O4. The van der Waals surface area contributed by atoms with Crippen LogP contribution in [0.2, 0.25) is 0 Å². The molecule has 0 saturated carbocycles. The maximum Gasteiger partial charge on any atom is 0.410 e. The number of hydrogen-bond donors (Lipinski definition) is 0. The number of ketones is 1. The Morgan fingerprint density at radius 3 is 2.41 bits per heavy atom. The van der Waals surface area contributed by atoms with Gasteiger partial charge in [-0.2, -0.15) is 5.26 Å². The van der Waals surface area contributed by atoms with Crippen molar-refractivity contribution < 1.29 is 19.1 Å². The highest BCUT2D eigenvalue weighted by molar-refractivity contribution is 5.99. The van der Waals surface area contributed by atoms with Gasteiger partial charge in [0.15, 0.2) is 5.78 Å². The smallest absolute Gasteiger partial charge is 0.410 e. The van der Waals surface area contributed by atoms with Crippen molar-refractivity contribution >= 4 is 11.9 Å². The zero-order valence-electron chi connectivity index (χ0n) is 16.3. The number of amides is 1. The van der Waals surface area contributed by atoms with Gasteiger partial charge in [0.2, 0.25) is 0 Å². The largest absolute Gasteiger partial charge is 0.444 e. The van der Waals surface area contributed by atoms with Crippen LogP contribution in [-0.4, -0.2) is 47.7 Å². The van der Waals surface area contributed by atoms with Gasteiger partial charge < -0.3 is 9.47 Å². The first-order valence-corrected chi connectivity index (χ1v) is 9.34. The molecule has 1 amide bonds. The minimum Gasteiger partial charge on any atom is -0.444 e. The topological polar surface area (TPSA) is 79.6 Å². The molecule has 2 bridgehead atoms. The molecule has 6 nitrogen and oxygen atoms in total. The zero-order chi connectivity index (χ0) is 19.8. The van der Waals surface area contributed by atoms with E-state index in [0.29, 0.717) is 37.2 Å². The lowest BCUT2D eigenvalue weighted by atomic mass is 9.80. The molecule has 0 aromatic heterocycles. The highest BCUT2D eigenvalue weighted by atomic mass is 16.6. The second kappa shape index (κ2) is 7.32. The molecule has 2 atom stereocenters. The van der Waals surface area contributed by atoms with E-state index in [4.69, 9.17) is 9.47 Å². The van der Waals surface area contributed by atoms with E-state index in [2.05, 4.69) is 6.07 Å². The van der Waals surface area contributed by atoms with Crippen molar-refractivity contribution in [1.29, 1.82) is 5.26 Å². The summed E-state index contributed by atoms with van der Waals surface area (Å²) in [6, 6.07) is 7.06. The standard InChI is InChI=1S/C21H26N2O4/c1-13-14(10-22)6-5-7-18(13)19(24)15-8-16-11-26-12-17(9-15)23(16)20(25)27-21(2,3)4/h5-7,15-17H,8-9,11-12H2,1-4H3. The molecule has 1 aromatic rings. The van der Waals surface area contributed by atoms with E-state index < -0.39 is 5.60 Å². The third kappa shape index (κ3) is 3.98. The van der Waals surface area contributed by atoms with Crippen LogP contribution in [0.4, 0.5) is 4.79 Å². The van der Waals surface area contributed by atoms with E-state index >= 15 is 0 Å². The number of fused-ring (bicyclic) bond motifs is 2. The number of ether oxygens (including phenoxy) is 2. The van der Waals surface area contributed by atoms with Crippen molar-refractivity contribution in [3.05, 3.63) is 34.9 Å². The molecule has 27 heavy (non-hydrogen) atoms. The number of carbonyl (C=O) groups excluding carboxylic acids is 2. The number of piperidine rings is 1. The summed E-state index contributed by atoms with van der Waals surface area (Å²) < 4.78 is 11.2. The summed E-state index contributed by atoms with van der Waals surface area (Å²) in [5.74, 6) is -0.138. The van der Waals surface area contributed by atoms with Gasteiger partial charge in [0.05, 0.1) is 36.9 Å².